The molecule has 0 saturated carbocycles. The number of ketones is 1. The maximum absolute atomic E-state index is 13.0. The number of hydrogen-bond donors (Lipinski definition) is 1. The van der Waals surface area contributed by atoms with Crippen molar-refractivity contribution in [2.45, 2.75) is 13.0 Å². The number of halogens is 1. The van der Waals surface area contributed by atoms with Crippen LogP contribution in [0.3, 0.4) is 0 Å². The first kappa shape index (κ1) is 20.4. The van der Waals surface area contributed by atoms with Crippen LogP contribution >= 0.6 is 11.6 Å². The average molecular weight is 439 g/mol. The van der Waals surface area contributed by atoms with Crippen LogP contribution in [0, 0.1) is 17.0 Å². The third-order valence-electron chi connectivity index (χ3n) is 4.93. The molecule has 4 rings (SSSR count). The Morgan fingerprint density at radius 2 is 1.71 bits per heavy atom. The molecule has 0 spiro atoms. The number of rotatable bonds is 4. The van der Waals surface area contributed by atoms with Crippen LogP contribution in [0.1, 0.15) is 23.1 Å². The van der Waals surface area contributed by atoms with Crippen LogP contribution in [0.4, 0.5) is 11.4 Å². The van der Waals surface area contributed by atoms with E-state index in [1.807, 2.05) is 0 Å². The van der Waals surface area contributed by atoms with Crippen molar-refractivity contribution in [1.29, 1.82) is 0 Å². The molecule has 0 bridgehead atoms. The average Bonchev–Trinajstić information content (AvgIpc) is 3.29. The zero-order chi connectivity index (χ0) is 22.3. The number of benzene rings is 2. The van der Waals surface area contributed by atoms with Gasteiger partial charge in [0.15, 0.2) is 0 Å². The molecule has 9 heteroatoms. The Bertz CT molecular complexity index is 1230. The number of nitro groups is 1. The van der Waals surface area contributed by atoms with Crippen molar-refractivity contribution in [3.8, 4) is 0 Å². The molecule has 1 N–H and O–H groups in total. The predicted molar refractivity (Wildman–Crippen MR) is 113 cm³/mol. The van der Waals surface area contributed by atoms with E-state index in [0.29, 0.717) is 16.5 Å². The van der Waals surface area contributed by atoms with Crippen molar-refractivity contribution >= 4 is 40.4 Å². The van der Waals surface area contributed by atoms with Gasteiger partial charge in [0.1, 0.15) is 23.3 Å². The normalized spacial score (nSPS) is 17.9. The number of carbonyl (C=O) groups excluding carboxylic acids is 2. The van der Waals surface area contributed by atoms with E-state index < -0.39 is 28.4 Å². The third kappa shape index (κ3) is 3.57. The first-order chi connectivity index (χ1) is 14.8. The number of aryl methyl sites for hydroxylation is 1. The van der Waals surface area contributed by atoms with Gasteiger partial charge < -0.3 is 9.52 Å². The van der Waals surface area contributed by atoms with Gasteiger partial charge in [-0.25, -0.2) is 0 Å². The fraction of sp³-hybridized carbons (Fsp3) is 0.0909. The lowest BCUT2D eigenvalue weighted by Crippen LogP contribution is -2.29. The zero-order valence-corrected chi connectivity index (χ0v) is 16.9. The number of aliphatic hydroxyl groups excluding tert-OH is 1. The second-order valence-electron chi connectivity index (χ2n) is 6.90. The molecular weight excluding hydrogens is 424 g/mol. The summed E-state index contributed by atoms with van der Waals surface area (Å²) in [4.78, 5) is 37.4. The number of nitrogens with zero attached hydrogens (tertiary/aromatic N) is 2. The van der Waals surface area contributed by atoms with Crippen molar-refractivity contribution in [2.24, 2.45) is 0 Å². The molecule has 1 aliphatic heterocycles. The summed E-state index contributed by atoms with van der Waals surface area (Å²) in [5.74, 6) is -1.35. The molecule has 2 heterocycles. The summed E-state index contributed by atoms with van der Waals surface area (Å²) in [5, 5.41) is 22.3. The molecule has 1 aliphatic rings. The van der Waals surface area contributed by atoms with Crippen molar-refractivity contribution in [3.63, 3.8) is 0 Å². The number of furan rings is 1. The van der Waals surface area contributed by atoms with Crippen LogP contribution in [-0.4, -0.2) is 21.7 Å². The molecule has 0 radical (unpaired) electrons. The highest BCUT2D eigenvalue weighted by atomic mass is 35.5. The van der Waals surface area contributed by atoms with Crippen LogP contribution in [0.5, 0.6) is 0 Å². The molecule has 1 aromatic heterocycles. The Kier molecular flexibility index (Phi) is 5.08. The van der Waals surface area contributed by atoms with Gasteiger partial charge in [-0.1, -0.05) is 11.6 Å². The summed E-state index contributed by atoms with van der Waals surface area (Å²) >= 11 is 5.95. The highest BCUT2D eigenvalue weighted by Gasteiger charge is 2.48. The lowest BCUT2D eigenvalue weighted by atomic mass is 9.99. The molecule has 1 fully saturated rings. The molecular formula is C22H15ClN2O6. The predicted octanol–water partition coefficient (Wildman–Crippen LogP) is 4.78. The number of anilines is 1. The summed E-state index contributed by atoms with van der Waals surface area (Å²) in [5.41, 5.74) is 0.209. The molecule has 0 aliphatic carbocycles. The first-order valence-electron chi connectivity index (χ1n) is 9.15. The number of non-ortho nitro benzene ring substituents is 1. The fourth-order valence-corrected chi connectivity index (χ4v) is 3.59. The van der Waals surface area contributed by atoms with Crippen LogP contribution < -0.4 is 4.90 Å². The van der Waals surface area contributed by atoms with E-state index >= 15 is 0 Å². The summed E-state index contributed by atoms with van der Waals surface area (Å²) in [6.45, 7) is 1.72. The van der Waals surface area contributed by atoms with Crippen LogP contribution in [0.15, 0.2) is 70.7 Å². The van der Waals surface area contributed by atoms with Crippen molar-refractivity contribution in [1.82, 2.24) is 0 Å². The highest BCUT2D eigenvalue weighted by Crippen LogP contribution is 2.42. The SMILES string of the molecule is Cc1ccc(C2/C(=C(/O)c3ccc([N+](=O)[O-])cc3)C(=O)C(=O)N2c2ccc(Cl)cc2)o1. The summed E-state index contributed by atoms with van der Waals surface area (Å²) in [6, 6.07) is 13.7. The zero-order valence-electron chi connectivity index (χ0n) is 16.1. The van der Waals surface area contributed by atoms with Gasteiger partial charge in [0, 0.05) is 28.4 Å². The van der Waals surface area contributed by atoms with Gasteiger partial charge in [-0.15, -0.1) is 0 Å². The monoisotopic (exact) mass is 438 g/mol. The van der Waals surface area contributed by atoms with Gasteiger partial charge in [-0.05, 0) is 55.5 Å². The van der Waals surface area contributed by atoms with E-state index in [-0.39, 0.29) is 22.6 Å². The highest BCUT2D eigenvalue weighted by molar-refractivity contribution is 6.51. The van der Waals surface area contributed by atoms with Crippen molar-refractivity contribution in [2.75, 3.05) is 4.90 Å². The number of aliphatic hydroxyl groups is 1. The Labute approximate surface area is 181 Å². The molecule has 3 aromatic rings. The maximum atomic E-state index is 13.0. The molecule has 1 unspecified atom stereocenters. The van der Waals surface area contributed by atoms with Gasteiger partial charge in [-0.2, -0.15) is 0 Å². The minimum absolute atomic E-state index is 0.160. The topological polar surface area (TPSA) is 114 Å². The van der Waals surface area contributed by atoms with Gasteiger partial charge >= 0.3 is 0 Å². The van der Waals surface area contributed by atoms with E-state index in [1.165, 1.54) is 29.2 Å². The molecule has 31 heavy (non-hydrogen) atoms. The molecule has 156 valence electrons. The minimum atomic E-state index is -1.02. The van der Waals surface area contributed by atoms with E-state index in [9.17, 15) is 24.8 Å². The summed E-state index contributed by atoms with van der Waals surface area (Å²) in [6.07, 6.45) is 0. The largest absolute Gasteiger partial charge is 0.507 e. The van der Waals surface area contributed by atoms with Crippen LogP contribution in [0.25, 0.3) is 5.76 Å². The Balaban J connectivity index is 1.89. The van der Waals surface area contributed by atoms with Gasteiger partial charge in [-0.3, -0.25) is 24.6 Å². The van der Waals surface area contributed by atoms with Gasteiger partial charge in [0.2, 0.25) is 0 Å². The van der Waals surface area contributed by atoms with E-state index in [4.69, 9.17) is 16.0 Å². The van der Waals surface area contributed by atoms with Crippen LogP contribution in [-0.2, 0) is 9.59 Å². The van der Waals surface area contributed by atoms with E-state index in [1.54, 1.807) is 43.3 Å². The summed E-state index contributed by atoms with van der Waals surface area (Å²) in [7, 11) is 0. The van der Waals surface area contributed by atoms with E-state index in [2.05, 4.69) is 0 Å². The standard InChI is InChI=1S/C22H15ClN2O6/c1-12-2-11-17(31-12)19-18(20(26)13-3-7-16(8-4-13)25(29)30)21(27)22(28)24(19)15-9-5-14(23)6-10-15/h2-11,19,26H,1H3/b20-18-. The molecule has 1 amide bonds. The number of amides is 1. The van der Waals surface area contributed by atoms with Gasteiger partial charge in [0.05, 0.1) is 10.5 Å². The van der Waals surface area contributed by atoms with Gasteiger partial charge in [0.25, 0.3) is 17.4 Å². The molecule has 1 atom stereocenters. The Morgan fingerprint density at radius 1 is 1.06 bits per heavy atom. The van der Waals surface area contributed by atoms with Crippen molar-refractivity contribution in [3.05, 3.63) is 98.5 Å². The smallest absolute Gasteiger partial charge is 0.300 e. The second kappa shape index (κ2) is 7.73. The molecule has 2 aromatic carbocycles. The Hall–Kier alpha value is -3.91. The molecule has 1 saturated heterocycles. The Morgan fingerprint density at radius 3 is 2.26 bits per heavy atom. The maximum Gasteiger partial charge on any atom is 0.300 e. The fourth-order valence-electron chi connectivity index (χ4n) is 3.47. The van der Waals surface area contributed by atoms with Crippen LogP contribution in [0.2, 0.25) is 5.02 Å². The lowest BCUT2D eigenvalue weighted by molar-refractivity contribution is -0.384. The number of carbonyl (C=O) groups is 2. The number of nitro benzene ring substituents is 1. The lowest BCUT2D eigenvalue weighted by Gasteiger charge is -2.23. The number of hydrogen-bond acceptors (Lipinski definition) is 6. The second-order valence-corrected chi connectivity index (χ2v) is 7.33. The number of Topliss-reactive ketones (excluding diaryl/α,β-unsaturated/α-hetero) is 1. The molecule has 8 nitrogen and oxygen atoms in total. The van der Waals surface area contributed by atoms with Crippen molar-refractivity contribution < 1.29 is 24.0 Å². The first-order valence-corrected chi connectivity index (χ1v) is 9.53. The summed E-state index contributed by atoms with van der Waals surface area (Å²) < 4.78 is 5.70. The quantitative estimate of drug-likeness (QED) is 0.206. The third-order valence-corrected chi connectivity index (χ3v) is 5.18. The minimum Gasteiger partial charge on any atom is -0.507 e. The van der Waals surface area contributed by atoms with E-state index in [0.717, 1.165) is 0 Å².